The van der Waals surface area contributed by atoms with Crippen molar-refractivity contribution >= 4 is 11.9 Å². The highest BCUT2D eigenvalue weighted by molar-refractivity contribution is 5.78. The summed E-state index contributed by atoms with van der Waals surface area (Å²) in [6.07, 6.45) is 9.93. The number of carbonyl (C=O) groups excluding carboxylic acids is 2. The summed E-state index contributed by atoms with van der Waals surface area (Å²) < 4.78 is 0. The Balaban J connectivity index is 1.17. The zero-order chi connectivity index (χ0) is 17.3. The fraction of sp³-hybridized carbons (Fsp3) is 0.895. The van der Waals surface area contributed by atoms with Crippen molar-refractivity contribution in [2.24, 2.45) is 17.8 Å². The molecule has 0 aromatic rings. The number of piperidine rings is 1. The van der Waals surface area contributed by atoms with Crippen LogP contribution in [0.5, 0.6) is 0 Å². The van der Waals surface area contributed by atoms with Gasteiger partial charge in [-0.2, -0.15) is 0 Å². The molecule has 4 N–H and O–H groups in total. The van der Waals surface area contributed by atoms with Crippen LogP contribution in [0.3, 0.4) is 0 Å². The number of urea groups is 1. The highest BCUT2D eigenvalue weighted by Gasteiger charge is 2.51. The van der Waals surface area contributed by atoms with E-state index >= 15 is 0 Å². The first kappa shape index (κ1) is 17.1. The van der Waals surface area contributed by atoms with Gasteiger partial charge in [-0.3, -0.25) is 4.79 Å². The maximum absolute atomic E-state index is 12.3. The summed E-state index contributed by atoms with van der Waals surface area (Å²) in [5, 5.41) is 12.6. The van der Waals surface area contributed by atoms with E-state index in [2.05, 4.69) is 21.3 Å². The zero-order valence-corrected chi connectivity index (χ0v) is 15.1. The summed E-state index contributed by atoms with van der Waals surface area (Å²) in [6, 6.07) is 0.200. The number of carbonyl (C=O) groups is 2. The standard InChI is InChI=1S/C19H32N4O2/c24-17(22-16-1-4-20-5-2-16)3-6-21-18(25)23-19-10-13-7-14(11-19)9-15(8-13)12-19/h13-16,20H,1-12H2,(H,22,24)(H2,21,23,25). The molecule has 4 bridgehead atoms. The minimum Gasteiger partial charge on any atom is -0.353 e. The van der Waals surface area contributed by atoms with Gasteiger partial charge in [0.25, 0.3) is 0 Å². The summed E-state index contributed by atoms with van der Waals surface area (Å²) in [4.78, 5) is 24.3. The highest BCUT2D eigenvalue weighted by Crippen LogP contribution is 2.55. The molecular formula is C19H32N4O2. The average Bonchev–Trinajstić information content (AvgIpc) is 2.53. The van der Waals surface area contributed by atoms with E-state index in [0.29, 0.717) is 13.0 Å². The minimum atomic E-state index is -0.0865. The van der Waals surface area contributed by atoms with E-state index in [9.17, 15) is 9.59 Å². The molecule has 6 heteroatoms. The zero-order valence-electron chi connectivity index (χ0n) is 15.1. The van der Waals surface area contributed by atoms with Crippen LogP contribution in [0, 0.1) is 17.8 Å². The molecular weight excluding hydrogens is 316 g/mol. The fourth-order valence-electron chi connectivity index (χ4n) is 6.10. The molecule has 1 heterocycles. The maximum atomic E-state index is 12.3. The van der Waals surface area contributed by atoms with Gasteiger partial charge in [0.1, 0.15) is 0 Å². The van der Waals surface area contributed by atoms with E-state index in [4.69, 9.17) is 0 Å². The molecule has 0 radical (unpaired) electrons. The van der Waals surface area contributed by atoms with Crippen molar-refractivity contribution in [3.63, 3.8) is 0 Å². The minimum absolute atomic E-state index is 0.0379. The van der Waals surface area contributed by atoms with Crippen molar-refractivity contribution in [3.05, 3.63) is 0 Å². The molecule has 5 fully saturated rings. The first-order chi connectivity index (χ1) is 12.1. The SMILES string of the molecule is O=C(CCNC(=O)NC12CC3CC(CC(C3)C1)C2)NC1CCNCC1. The molecule has 5 rings (SSSR count). The van der Waals surface area contributed by atoms with E-state index in [-0.39, 0.29) is 23.5 Å². The molecule has 0 atom stereocenters. The summed E-state index contributed by atoms with van der Waals surface area (Å²) in [6.45, 7) is 2.35. The van der Waals surface area contributed by atoms with Crippen LogP contribution in [-0.4, -0.2) is 43.2 Å². The van der Waals surface area contributed by atoms with Crippen molar-refractivity contribution in [2.75, 3.05) is 19.6 Å². The molecule has 4 saturated carbocycles. The van der Waals surface area contributed by atoms with E-state index in [1.54, 1.807) is 0 Å². The van der Waals surface area contributed by atoms with Crippen molar-refractivity contribution < 1.29 is 9.59 Å². The molecule has 4 aliphatic carbocycles. The summed E-state index contributed by atoms with van der Waals surface area (Å²) in [5.74, 6) is 2.51. The Kier molecular flexibility index (Phi) is 4.89. The predicted octanol–water partition coefficient (Wildman–Crippen LogP) is 1.51. The van der Waals surface area contributed by atoms with Crippen LogP contribution in [0.25, 0.3) is 0 Å². The largest absolute Gasteiger partial charge is 0.353 e. The van der Waals surface area contributed by atoms with Crippen LogP contribution < -0.4 is 21.3 Å². The Labute approximate surface area is 150 Å². The second-order valence-electron chi connectivity index (χ2n) is 8.92. The quantitative estimate of drug-likeness (QED) is 0.608. The molecule has 0 spiro atoms. The lowest BCUT2D eigenvalue weighted by Crippen LogP contribution is -2.61. The second kappa shape index (κ2) is 7.14. The van der Waals surface area contributed by atoms with E-state index in [1.165, 1.54) is 19.3 Å². The van der Waals surface area contributed by atoms with Crippen LogP contribution in [0.15, 0.2) is 0 Å². The third kappa shape index (κ3) is 4.10. The molecule has 1 saturated heterocycles. The molecule has 0 aromatic heterocycles. The Morgan fingerprint density at radius 2 is 1.56 bits per heavy atom. The Hall–Kier alpha value is -1.30. The normalized spacial score (nSPS) is 36.9. The van der Waals surface area contributed by atoms with Crippen LogP contribution in [0.4, 0.5) is 4.79 Å². The van der Waals surface area contributed by atoms with Gasteiger partial charge in [-0.05, 0) is 82.2 Å². The van der Waals surface area contributed by atoms with Crippen molar-refractivity contribution in [3.8, 4) is 0 Å². The average molecular weight is 348 g/mol. The van der Waals surface area contributed by atoms with Crippen LogP contribution in [0.1, 0.15) is 57.8 Å². The highest BCUT2D eigenvalue weighted by atomic mass is 16.2. The van der Waals surface area contributed by atoms with E-state index < -0.39 is 0 Å². The lowest BCUT2D eigenvalue weighted by Gasteiger charge is -2.56. The van der Waals surface area contributed by atoms with Crippen LogP contribution in [-0.2, 0) is 4.79 Å². The first-order valence-electron chi connectivity index (χ1n) is 10.2. The van der Waals surface area contributed by atoms with Gasteiger partial charge >= 0.3 is 6.03 Å². The molecule has 1 aliphatic heterocycles. The Morgan fingerprint density at radius 1 is 0.960 bits per heavy atom. The van der Waals surface area contributed by atoms with Gasteiger partial charge in [-0.15, -0.1) is 0 Å². The lowest BCUT2D eigenvalue weighted by molar-refractivity contribution is -0.121. The molecule has 5 aliphatic rings. The third-order valence-corrected chi connectivity index (χ3v) is 6.76. The Morgan fingerprint density at radius 3 is 2.16 bits per heavy atom. The van der Waals surface area contributed by atoms with Crippen LogP contribution >= 0.6 is 0 Å². The van der Waals surface area contributed by atoms with Crippen LogP contribution in [0.2, 0.25) is 0 Å². The topological polar surface area (TPSA) is 82.3 Å². The van der Waals surface area contributed by atoms with Gasteiger partial charge in [0.2, 0.25) is 5.91 Å². The number of hydrogen-bond donors (Lipinski definition) is 4. The molecule has 140 valence electrons. The van der Waals surface area contributed by atoms with Crippen molar-refractivity contribution in [1.82, 2.24) is 21.3 Å². The van der Waals surface area contributed by atoms with Gasteiger partial charge < -0.3 is 21.3 Å². The number of hydrogen-bond acceptors (Lipinski definition) is 3. The summed E-state index contributed by atoms with van der Waals surface area (Å²) >= 11 is 0. The van der Waals surface area contributed by atoms with Gasteiger partial charge in [0.15, 0.2) is 0 Å². The first-order valence-corrected chi connectivity index (χ1v) is 10.2. The smallest absolute Gasteiger partial charge is 0.315 e. The van der Waals surface area contributed by atoms with Gasteiger partial charge in [0.05, 0.1) is 0 Å². The van der Waals surface area contributed by atoms with Crippen molar-refractivity contribution in [2.45, 2.75) is 69.4 Å². The number of amides is 3. The summed E-state index contributed by atoms with van der Waals surface area (Å²) in [7, 11) is 0. The maximum Gasteiger partial charge on any atom is 0.315 e. The van der Waals surface area contributed by atoms with Gasteiger partial charge in [0, 0.05) is 24.5 Å². The van der Waals surface area contributed by atoms with E-state index in [1.807, 2.05) is 0 Å². The predicted molar refractivity (Wildman–Crippen MR) is 96.1 cm³/mol. The monoisotopic (exact) mass is 348 g/mol. The Bertz CT molecular complexity index is 480. The van der Waals surface area contributed by atoms with Gasteiger partial charge in [-0.1, -0.05) is 0 Å². The summed E-state index contributed by atoms with van der Waals surface area (Å²) in [5.41, 5.74) is 0.0379. The molecule has 6 nitrogen and oxygen atoms in total. The number of rotatable bonds is 5. The third-order valence-electron chi connectivity index (χ3n) is 6.76. The van der Waals surface area contributed by atoms with Crippen molar-refractivity contribution in [1.29, 1.82) is 0 Å². The molecule has 0 unspecified atom stereocenters. The molecule has 3 amide bonds. The second-order valence-corrected chi connectivity index (χ2v) is 8.92. The molecule has 25 heavy (non-hydrogen) atoms. The lowest BCUT2D eigenvalue weighted by atomic mass is 9.53. The fourth-order valence-corrected chi connectivity index (χ4v) is 6.10. The molecule has 0 aromatic carbocycles. The van der Waals surface area contributed by atoms with Gasteiger partial charge in [-0.25, -0.2) is 4.79 Å². The number of nitrogens with one attached hydrogen (secondary N) is 4. The van der Waals surface area contributed by atoms with E-state index in [0.717, 1.165) is 62.9 Å².